The van der Waals surface area contributed by atoms with Crippen LogP contribution in [-0.2, 0) is 11.4 Å². The van der Waals surface area contributed by atoms with Crippen LogP contribution in [0.2, 0.25) is 0 Å². The summed E-state index contributed by atoms with van der Waals surface area (Å²) in [5.74, 6) is 0. The first-order valence-electron chi connectivity index (χ1n) is 4.53. The molecule has 0 bridgehead atoms. The van der Waals surface area contributed by atoms with E-state index in [9.17, 15) is 4.79 Å². The Morgan fingerprint density at radius 1 is 1.53 bits per heavy atom. The van der Waals surface area contributed by atoms with Gasteiger partial charge in [0.25, 0.3) is 0 Å². The molecular weight excluding hydrogens is 194 g/mol. The molecule has 0 atom stereocenters. The van der Waals surface area contributed by atoms with Gasteiger partial charge in [0.1, 0.15) is 0 Å². The lowest BCUT2D eigenvalue weighted by Crippen LogP contribution is -2.32. The normalized spacial score (nSPS) is 10.0. The van der Waals surface area contributed by atoms with Crippen LogP contribution in [0.25, 0.3) is 0 Å². The highest BCUT2D eigenvalue weighted by atomic mass is 16.6. The molecule has 15 heavy (non-hydrogen) atoms. The molecule has 5 nitrogen and oxygen atoms in total. The summed E-state index contributed by atoms with van der Waals surface area (Å²) in [6.45, 7) is 0.518. The van der Waals surface area contributed by atoms with Crippen LogP contribution >= 0.6 is 0 Å². The highest BCUT2D eigenvalue weighted by Gasteiger charge is 2.10. The van der Waals surface area contributed by atoms with Crippen LogP contribution in [0.15, 0.2) is 24.3 Å². The maximum atomic E-state index is 11.0. The number of nitrogens with zero attached hydrogens (tertiary/aromatic N) is 1. The van der Waals surface area contributed by atoms with Gasteiger partial charge in [0.15, 0.2) is 0 Å². The quantitative estimate of drug-likeness (QED) is 0.722. The van der Waals surface area contributed by atoms with Gasteiger partial charge < -0.3 is 10.6 Å². The third kappa shape index (κ3) is 2.93. The lowest BCUT2D eigenvalue weighted by molar-refractivity contribution is 0.0868. The molecule has 82 valence electrons. The summed E-state index contributed by atoms with van der Waals surface area (Å²) in [4.78, 5) is 17.2. The van der Waals surface area contributed by atoms with Gasteiger partial charge >= 0.3 is 6.03 Å². The zero-order valence-corrected chi connectivity index (χ0v) is 8.86. The lowest BCUT2D eigenvalue weighted by atomic mass is 10.1. The Balaban J connectivity index is 2.90. The molecule has 0 aliphatic heterocycles. The number of rotatable bonds is 4. The second kappa shape index (κ2) is 5.33. The van der Waals surface area contributed by atoms with Crippen LogP contribution in [0.1, 0.15) is 5.56 Å². The predicted octanol–water partition coefficient (Wildman–Crippen LogP) is 0.852. The largest absolute Gasteiger partial charge is 0.351 e. The van der Waals surface area contributed by atoms with Crippen molar-refractivity contribution in [3.05, 3.63) is 29.8 Å². The van der Waals surface area contributed by atoms with E-state index in [4.69, 9.17) is 10.6 Å². The molecule has 0 spiro atoms. The third-order valence-electron chi connectivity index (χ3n) is 2.09. The van der Waals surface area contributed by atoms with Crippen LogP contribution in [0, 0.1) is 0 Å². The number of carbonyl (C=O) groups is 1. The maximum absolute atomic E-state index is 11.0. The van der Waals surface area contributed by atoms with Crippen LogP contribution in [0.3, 0.4) is 0 Å². The van der Waals surface area contributed by atoms with Crippen LogP contribution in [-0.4, -0.2) is 20.2 Å². The van der Waals surface area contributed by atoms with Gasteiger partial charge in [-0.3, -0.25) is 4.90 Å². The smallest absolute Gasteiger partial charge is 0.319 e. The summed E-state index contributed by atoms with van der Waals surface area (Å²) < 4.78 is 0. The van der Waals surface area contributed by atoms with E-state index in [2.05, 4.69) is 5.48 Å². The number of urea groups is 1. The van der Waals surface area contributed by atoms with Crippen molar-refractivity contribution in [3.8, 4) is 0 Å². The highest BCUT2D eigenvalue weighted by Crippen LogP contribution is 2.18. The standard InChI is InChI=1S/C10H15N3O2/c1-13(10(11)14)9-6-4-3-5-8(9)7-12-15-2/h3-6,12H,7H2,1-2H3,(H2,11,14). The number of anilines is 1. The molecule has 1 rings (SSSR count). The molecular formula is C10H15N3O2. The maximum Gasteiger partial charge on any atom is 0.319 e. The monoisotopic (exact) mass is 209 g/mol. The molecule has 1 aromatic carbocycles. The lowest BCUT2D eigenvalue weighted by Gasteiger charge is -2.18. The summed E-state index contributed by atoms with van der Waals surface area (Å²) >= 11 is 0. The summed E-state index contributed by atoms with van der Waals surface area (Å²) in [5.41, 5.74) is 9.64. The van der Waals surface area contributed by atoms with E-state index in [1.807, 2.05) is 24.3 Å². The van der Waals surface area contributed by atoms with E-state index in [1.165, 1.54) is 4.90 Å². The minimum Gasteiger partial charge on any atom is -0.351 e. The molecule has 0 aliphatic carbocycles. The van der Waals surface area contributed by atoms with Crippen molar-refractivity contribution in [1.82, 2.24) is 5.48 Å². The molecule has 0 radical (unpaired) electrons. The Bertz CT molecular complexity index is 341. The second-order valence-electron chi connectivity index (χ2n) is 3.05. The van der Waals surface area contributed by atoms with Gasteiger partial charge in [-0.2, -0.15) is 5.48 Å². The van der Waals surface area contributed by atoms with E-state index in [0.717, 1.165) is 11.3 Å². The Morgan fingerprint density at radius 3 is 2.80 bits per heavy atom. The first kappa shape index (κ1) is 11.5. The van der Waals surface area contributed by atoms with Gasteiger partial charge in [-0.25, -0.2) is 4.79 Å². The first-order chi connectivity index (χ1) is 7.16. The molecule has 0 unspecified atom stereocenters. The Labute approximate surface area is 88.8 Å². The van der Waals surface area contributed by atoms with E-state index in [-0.39, 0.29) is 0 Å². The number of para-hydroxylation sites is 1. The molecule has 5 heteroatoms. The van der Waals surface area contributed by atoms with Gasteiger partial charge in [0.2, 0.25) is 0 Å². The predicted molar refractivity (Wildman–Crippen MR) is 58.3 cm³/mol. The SMILES string of the molecule is CONCc1ccccc1N(C)C(N)=O. The number of benzene rings is 1. The van der Waals surface area contributed by atoms with E-state index in [1.54, 1.807) is 14.2 Å². The summed E-state index contributed by atoms with van der Waals surface area (Å²) in [6, 6.07) is 6.99. The van der Waals surface area contributed by atoms with Gasteiger partial charge in [-0.15, -0.1) is 0 Å². The van der Waals surface area contributed by atoms with E-state index < -0.39 is 6.03 Å². The average molecular weight is 209 g/mol. The average Bonchev–Trinajstić information content (AvgIpc) is 2.25. The van der Waals surface area contributed by atoms with Crippen LogP contribution in [0.4, 0.5) is 10.5 Å². The second-order valence-corrected chi connectivity index (χ2v) is 3.05. The van der Waals surface area contributed by atoms with E-state index >= 15 is 0 Å². The fourth-order valence-electron chi connectivity index (χ4n) is 1.26. The van der Waals surface area contributed by atoms with Crippen molar-refractivity contribution in [2.45, 2.75) is 6.54 Å². The topological polar surface area (TPSA) is 67.6 Å². The van der Waals surface area contributed by atoms with Crippen LogP contribution < -0.4 is 16.1 Å². The van der Waals surface area contributed by atoms with Crippen molar-refractivity contribution in [2.75, 3.05) is 19.1 Å². The highest BCUT2D eigenvalue weighted by molar-refractivity contribution is 5.90. The van der Waals surface area contributed by atoms with Crippen LogP contribution in [0.5, 0.6) is 0 Å². The molecule has 1 aromatic rings. The fraction of sp³-hybridized carbons (Fsp3) is 0.300. The number of hydroxylamine groups is 1. The van der Waals surface area contributed by atoms with Crippen molar-refractivity contribution in [2.24, 2.45) is 5.73 Å². The summed E-state index contributed by atoms with van der Waals surface area (Å²) in [6.07, 6.45) is 0. The van der Waals surface area contributed by atoms with E-state index in [0.29, 0.717) is 6.54 Å². The number of carbonyl (C=O) groups excluding carboxylic acids is 1. The zero-order chi connectivity index (χ0) is 11.3. The Kier molecular flexibility index (Phi) is 4.08. The first-order valence-corrected chi connectivity index (χ1v) is 4.53. The van der Waals surface area contributed by atoms with Gasteiger partial charge in [-0.1, -0.05) is 18.2 Å². The van der Waals surface area contributed by atoms with Crippen molar-refractivity contribution in [1.29, 1.82) is 0 Å². The molecule has 2 amide bonds. The van der Waals surface area contributed by atoms with Crippen molar-refractivity contribution < 1.29 is 9.63 Å². The number of nitrogens with two attached hydrogens (primary N) is 1. The third-order valence-corrected chi connectivity index (χ3v) is 2.09. The molecule has 0 saturated heterocycles. The van der Waals surface area contributed by atoms with Crippen molar-refractivity contribution in [3.63, 3.8) is 0 Å². The molecule has 0 fully saturated rings. The minimum atomic E-state index is -0.486. The minimum absolute atomic E-state index is 0.486. The zero-order valence-electron chi connectivity index (χ0n) is 8.86. The molecule has 3 N–H and O–H groups in total. The van der Waals surface area contributed by atoms with Gasteiger partial charge in [-0.05, 0) is 11.6 Å². The number of hydrogen-bond acceptors (Lipinski definition) is 3. The molecule has 0 aliphatic rings. The number of primary amides is 1. The van der Waals surface area contributed by atoms with Gasteiger partial charge in [0.05, 0.1) is 7.11 Å². The molecule has 0 aromatic heterocycles. The fourth-order valence-corrected chi connectivity index (χ4v) is 1.26. The summed E-state index contributed by atoms with van der Waals surface area (Å²) in [7, 11) is 3.17. The Morgan fingerprint density at radius 2 is 2.20 bits per heavy atom. The summed E-state index contributed by atoms with van der Waals surface area (Å²) in [5, 5.41) is 0. The molecule has 0 heterocycles. The number of amides is 2. The Hall–Kier alpha value is -1.59. The number of hydrogen-bond donors (Lipinski definition) is 2. The number of nitrogens with one attached hydrogen (secondary N) is 1. The van der Waals surface area contributed by atoms with Crippen molar-refractivity contribution >= 4 is 11.7 Å². The molecule has 0 saturated carbocycles. The van der Waals surface area contributed by atoms with Gasteiger partial charge in [0, 0.05) is 19.3 Å².